The number of amides is 1. The lowest BCUT2D eigenvalue weighted by atomic mass is 9.96. The Morgan fingerprint density at radius 2 is 1.62 bits per heavy atom. The molecule has 1 unspecified atom stereocenters. The van der Waals surface area contributed by atoms with Crippen LogP contribution >= 0.6 is 50.7 Å². The van der Waals surface area contributed by atoms with Crippen molar-refractivity contribution in [1.82, 2.24) is 5.32 Å². The molecule has 2 aromatic rings. The van der Waals surface area contributed by atoms with Crippen LogP contribution in [0.25, 0.3) is 6.08 Å². The molecule has 34 heavy (non-hydrogen) atoms. The van der Waals surface area contributed by atoms with Crippen molar-refractivity contribution in [3.63, 3.8) is 0 Å². The summed E-state index contributed by atoms with van der Waals surface area (Å²) in [4.78, 5) is 24.4. The summed E-state index contributed by atoms with van der Waals surface area (Å²) in [6, 6.07) is 6.83. The van der Waals surface area contributed by atoms with Gasteiger partial charge in [-0.3, -0.25) is 9.59 Å². The van der Waals surface area contributed by atoms with Crippen molar-refractivity contribution in [2.24, 2.45) is 0 Å². The molecule has 0 heterocycles. The number of carbonyl (C=O) groups is 2. The number of ketones is 1. The van der Waals surface area contributed by atoms with E-state index in [9.17, 15) is 22.8 Å². The molecule has 0 aliphatic heterocycles. The highest BCUT2D eigenvalue weighted by atomic mass is 79.9. The fourth-order valence-corrected chi connectivity index (χ4v) is 4.31. The molecule has 0 saturated heterocycles. The average Bonchev–Trinajstić information content (AvgIpc) is 2.68. The van der Waals surface area contributed by atoms with E-state index in [4.69, 9.17) is 34.8 Å². The van der Waals surface area contributed by atoms with E-state index in [1.54, 1.807) is 0 Å². The van der Waals surface area contributed by atoms with Crippen LogP contribution in [0, 0.1) is 0 Å². The monoisotopic (exact) mass is 597 g/mol. The van der Waals surface area contributed by atoms with Crippen molar-refractivity contribution in [2.45, 2.75) is 51.2 Å². The van der Waals surface area contributed by atoms with Crippen LogP contribution < -0.4 is 5.32 Å². The fraction of sp³-hybridized carbons (Fsp3) is 0.333. The van der Waals surface area contributed by atoms with E-state index in [1.807, 2.05) is 20.8 Å². The molecule has 2 rings (SSSR count). The van der Waals surface area contributed by atoms with Crippen LogP contribution in [0.2, 0.25) is 15.1 Å². The quantitative estimate of drug-likeness (QED) is 0.256. The Bertz CT molecular complexity index is 1090. The van der Waals surface area contributed by atoms with Gasteiger partial charge >= 0.3 is 6.18 Å². The van der Waals surface area contributed by atoms with Crippen molar-refractivity contribution in [3.05, 3.63) is 72.6 Å². The van der Waals surface area contributed by atoms with Crippen LogP contribution in [0.4, 0.5) is 13.2 Å². The van der Waals surface area contributed by atoms with Crippen LogP contribution in [-0.4, -0.2) is 23.4 Å². The van der Waals surface area contributed by atoms with Gasteiger partial charge in [0, 0.05) is 28.4 Å². The van der Waals surface area contributed by atoms with E-state index in [0.29, 0.717) is 15.6 Å². The molecule has 1 amide bonds. The summed E-state index contributed by atoms with van der Waals surface area (Å²) in [6.45, 7) is 5.53. The number of hydrogen-bond acceptors (Lipinski definition) is 2. The maximum Gasteiger partial charge on any atom is 0.399 e. The summed E-state index contributed by atoms with van der Waals surface area (Å²) < 4.78 is 41.6. The van der Waals surface area contributed by atoms with Gasteiger partial charge < -0.3 is 5.32 Å². The van der Waals surface area contributed by atoms with Crippen molar-refractivity contribution in [2.75, 3.05) is 0 Å². The molecule has 2 aromatic carbocycles. The zero-order valence-electron chi connectivity index (χ0n) is 18.5. The van der Waals surface area contributed by atoms with Crippen molar-refractivity contribution >= 4 is 68.5 Å². The Balaban J connectivity index is 2.20. The Labute approximate surface area is 219 Å². The minimum atomic E-state index is -4.60. The zero-order chi connectivity index (χ0) is 25.8. The zero-order valence-corrected chi connectivity index (χ0v) is 22.3. The number of Topliss-reactive ketones (excluding diaryl/α,β-unsaturated/α-hetero) is 1. The number of carbonyl (C=O) groups excluding carboxylic acids is 2. The first kappa shape index (κ1) is 28.7. The fourth-order valence-electron chi connectivity index (χ4n) is 3.07. The van der Waals surface area contributed by atoms with Crippen molar-refractivity contribution in [1.29, 1.82) is 0 Å². The number of benzene rings is 2. The van der Waals surface area contributed by atoms with E-state index in [0.717, 1.165) is 18.2 Å². The minimum absolute atomic E-state index is 0.00390. The molecule has 0 bridgehead atoms. The molecule has 0 fully saturated rings. The van der Waals surface area contributed by atoms with Crippen molar-refractivity contribution in [3.8, 4) is 0 Å². The average molecular weight is 600 g/mol. The van der Waals surface area contributed by atoms with Gasteiger partial charge in [-0.1, -0.05) is 69.0 Å². The third-order valence-corrected chi connectivity index (χ3v) is 6.44. The molecule has 184 valence electrons. The van der Waals surface area contributed by atoms with E-state index in [2.05, 4.69) is 21.2 Å². The maximum atomic E-state index is 13.7. The lowest BCUT2D eigenvalue weighted by molar-refractivity contribution is -0.139. The SMILES string of the molecule is CC(C)(C)NC(=O)CCC(=O)c1ccc(/C=C/C(c2cc(Cl)c(Cl)c(Cl)c2)C(F)(F)F)cc1Br. The Morgan fingerprint density at radius 3 is 2.12 bits per heavy atom. The first-order chi connectivity index (χ1) is 15.6. The molecule has 0 radical (unpaired) electrons. The maximum absolute atomic E-state index is 13.7. The number of hydrogen-bond donors (Lipinski definition) is 1. The van der Waals surface area contributed by atoms with Crippen LogP contribution in [0.15, 0.2) is 40.9 Å². The highest BCUT2D eigenvalue weighted by Gasteiger charge is 2.39. The van der Waals surface area contributed by atoms with Gasteiger partial charge in [0.15, 0.2) is 5.78 Å². The third-order valence-electron chi connectivity index (χ3n) is 4.59. The van der Waals surface area contributed by atoms with Gasteiger partial charge in [-0.2, -0.15) is 13.2 Å². The molecule has 0 aliphatic carbocycles. The smallest absolute Gasteiger partial charge is 0.351 e. The van der Waals surface area contributed by atoms with Crippen LogP contribution in [0.3, 0.4) is 0 Å². The molecule has 1 N–H and O–H groups in total. The molecule has 0 aliphatic rings. The van der Waals surface area contributed by atoms with Crippen molar-refractivity contribution < 1.29 is 22.8 Å². The van der Waals surface area contributed by atoms with Gasteiger partial charge in [-0.05, 0) is 56.2 Å². The molecule has 10 heteroatoms. The van der Waals surface area contributed by atoms with Crippen LogP contribution in [-0.2, 0) is 4.79 Å². The van der Waals surface area contributed by atoms with Gasteiger partial charge in [-0.25, -0.2) is 0 Å². The predicted octanol–water partition coefficient (Wildman–Crippen LogP) is 8.65. The second-order valence-corrected chi connectivity index (χ2v) is 10.7. The number of rotatable bonds is 7. The van der Waals surface area contributed by atoms with Gasteiger partial charge in [0.2, 0.25) is 5.91 Å². The lowest BCUT2D eigenvalue weighted by Crippen LogP contribution is -2.40. The second kappa shape index (κ2) is 11.5. The number of allylic oxidation sites excluding steroid dienone is 1. The van der Waals surface area contributed by atoms with E-state index < -0.39 is 17.6 Å². The highest BCUT2D eigenvalue weighted by Crippen LogP contribution is 2.41. The summed E-state index contributed by atoms with van der Waals surface area (Å²) in [6.07, 6.45) is -2.29. The summed E-state index contributed by atoms with van der Waals surface area (Å²) in [7, 11) is 0. The second-order valence-electron chi connectivity index (χ2n) is 8.64. The first-order valence-electron chi connectivity index (χ1n) is 10.1. The topological polar surface area (TPSA) is 46.2 Å². The van der Waals surface area contributed by atoms with E-state index >= 15 is 0 Å². The van der Waals surface area contributed by atoms with Gasteiger partial charge in [-0.15, -0.1) is 0 Å². The van der Waals surface area contributed by atoms with Gasteiger partial charge in [0.05, 0.1) is 21.0 Å². The Hall–Kier alpha value is -1.54. The summed E-state index contributed by atoms with van der Waals surface area (Å²) in [5.74, 6) is -2.47. The number of halogens is 7. The first-order valence-corrected chi connectivity index (χ1v) is 12.0. The Morgan fingerprint density at radius 1 is 1.03 bits per heavy atom. The largest absolute Gasteiger partial charge is 0.399 e. The van der Waals surface area contributed by atoms with E-state index in [-0.39, 0.29) is 45.2 Å². The van der Waals surface area contributed by atoms with Gasteiger partial charge in [0.1, 0.15) is 0 Å². The lowest BCUT2D eigenvalue weighted by Gasteiger charge is -2.20. The molecule has 0 spiro atoms. The molecule has 0 saturated carbocycles. The standard InChI is InChI=1S/C24H22BrCl3F3NO2/c1-23(2,3)32-21(34)9-8-20(33)15-6-4-13(10-17(15)25)5-7-16(24(29,30)31)14-11-18(26)22(28)19(27)12-14/h4-7,10-12,16H,8-9H2,1-3H3,(H,32,34)/b7-5+. The normalized spacial score (nSPS) is 13.2. The number of nitrogens with one attached hydrogen (secondary N) is 1. The molecular formula is C24H22BrCl3F3NO2. The predicted molar refractivity (Wildman–Crippen MR) is 135 cm³/mol. The number of alkyl halides is 3. The molecular weight excluding hydrogens is 578 g/mol. The van der Waals surface area contributed by atoms with Gasteiger partial charge in [0.25, 0.3) is 0 Å². The van der Waals surface area contributed by atoms with E-state index in [1.165, 1.54) is 24.3 Å². The third kappa shape index (κ3) is 8.29. The minimum Gasteiger partial charge on any atom is -0.351 e. The van der Waals surface area contributed by atoms with Crippen LogP contribution in [0.5, 0.6) is 0 Å². The molecule has 3 nitrogen and oxygen atoms in total. The summed E-state index contributed by atoms with van der Waals surface area (Å²) in [5.41, 5.74) is 0.229. The van der Waals surface area contributed by atoms with Crippen LogP contribution in [0.1, 0.15) is 61.0 Å². The Kier molecular flexibility index (Phi) is 9.68. The summed E-state index contributed by atoms with van der Waals surface area (Å²) in [5, 5.41) is 2.62. The summed E-state index contributed by atoms with van der Waals surface area (Å²) >= 11 is 21.0. The highest BCUT2D eigenvalue weighted by molar-refractivity contribution is 9.10. The molecule has 1 atom stereocenters. The molecule has 0 aromatic heterocycles.